The van der Waals surface area contributed by atoms with Crippen molar-refractivity contribution in [1.82, 2.24) is 0 Å². The first-order chi connectivity index (χ1) is 9.11. The number of carboxylic acids is 1. The molecule has 0 saturated carbocycles. The van der Waals surface area contributed by atoms with E-state index in [9.17, 15) is 4.79 Å². The fourth-order valence-electron chi connectivity index (χ4n) is 1.47. The molecule has 0 radical (unpaired) electrons. The molecule has 4 nitrogen and oxygen atoms in total. The number of ether oxygens (including phenoxy) is 1. The largest absolute Gasteiger partial charge is 0.489 e. The van der Waals surface area contributed by atoms with Crippen molar-refractivity contribution in [3.63, 3.8) is 0 Å². The first kappa shape index (κ1) is 13.4. The number of aromatic carboxylic acids is 1. The predicted molar refractivity (Wildman–Crippen MR) is 71.8 cm³/mol. The summed E-state index contributed by atoms with van der Waals surface area (Å²) >= 11 is 7.03. The van der Waals surface area contributed by atoms with E-state index in [0.717, 1.165) is 11.3 Å². The van der Waals surface area contributed by atoms with Crippen LogP contribution < -0.4 is 4.74 Å². The van der Waals surface area contributed by atoms with Gasteiger partial charge >= 0.3 is 5.97 Å². The molecule has 1 aromatic carbocycles. The average Bonchev–Trinajstić information content (AvgIpc) is 2.85. The van der Waals surface area contributed by atoms with Crippen LogP contribution in [0.4, 0.5) is 0 Å². The van der Waals surface area contributed by atoms with E-state index in [2.05, 4.69) is 0 Å². The topological polar surface area (TPSA) is 70.3 Å². The van der Waals surface area contributed by atoms with Crippen LogP contribution in [-0.4, -0.2) is 11.1 Å². The molecule has 0 aliphatic heterocycles. The van der Waals surface area contributed by atoms with Gasteiger partial charge in [-0.15, -0.1) is 11.3 Å². The number of carbonyl (C=O) groups is 1. The molecule has 1 N–H and O–H groups in total. The first-order valence-electron chi connectivity index (χ1n) is 5.24. The molecule has 0 amide bonds. The molecule has 0 unspecified atom stereocenters. The normalized spacial score (nSPS) is 9.89. The number of carboxylic acid groups (broad SMARTS) is 1. The number of halogens is 1. The van der Waals surface area contributed by atoms with Gasteiger partial charge in [0.25, 0.3) is 0 Å². The van der Waals surface area contributed by atoms with Crippen LogP contribution in [0, 0.1) is 11.3 Å². The summed E-state index contributed by atoms with van der Waals surface area (Å²) in [4.78, 5) is 11.2. The molecule has 19 heavy (non-hydrogen) atoms. The summed E-state index contributed by atoms with van der Waals surface area (Å²) in [6.07, 6.45) is 0. The third kappa shape index (κ3) is 3.05. The molecular formula is C13H8ClNO3S. The van der Waals surface area contributed by atoms with Gasteiger partial charge in [-0.05, 0) is 23.6 Å². The minimum atomic E-state index is -0.966. The summed E-state index contributed by atoms with van der Waals surface area (Å²) in [6.45, 7) is 0.146. The van der Waals surface area contributed by atoms with E-state index in [4.69, 9.17) is 26.7 Å². The highest BCUT2D eigenvalue weighted by Gasteiger charge is 2.12. The van der Waals surface area contributed by atoms with Crippen molar-refractivity contribution in [3.8, 4) is 11.8 Å². The van der Waals surface area contributed by atoms with Crippen molar-refractivity contribution >= 4 is 28.9 Å². The Morgan fingerprint density at radius 2 is 2.26 bits per heavy atom. The van der Waals surface area contributed by atoms with Crippen molar-refractivity contribution in [2.45, 2.75) is 6.61 Å². The lowest BCUT2D eigenvalue weighted by atomic mass is 10.2. The molecule has 6 heteroatoms. The Balaban J connectivity index is 2.11. The van der Waals surface area contributed by atoms with Gasteiger partial charge in [0.2, 0.25) is 0 Å². The van der Waals surface area contributed by atoms with Gasteiger partial charge < -0.3 is 9.84 Å². The summed E-state index contributed by atoms with van der Waals surface area (Å²) in [6, 6.07) is 8.38. The lowest BCUT2D eigenvalue weighted by Crippen LogP contribution is -2.01. The molecule has 96 valence electrons. The van der Waals surface area contributed by atoms with Crippen molar-refractivity contribution in [2.24, 2.45) is 0 Å². The number of benzene rings is 1. The second kappa shape index (κ2) is 5.74. The van der Waals surface area contributed by atoms with Crippen LogP contribution in [-0.2, 0) is 6.61 Å². The quantitative estimate of drug-likeness (QED) is 0.936. The standard InChI is InChI=1S/C13H8ClNO3S/c14-11-5-10(2-1-8(11)6-15)18-7-9-3-4-19-12(9)13(16)17/h1-5H,7H2,(H,16,17). The van der Waals surface area contributed by atoms with Crippen LogP contribution in [0.15, 0.2) is 29.6 Å². The molecule has 0 aliphatic rings. The van der Waals surface area contributed by atoms with Crippen LogP contribution in [0.2, 0.25) is 5.02 Å². The smallest absolute Gasteiger partial charge is 0.346 e. The van der Waals surface area contributed by atoms with E-state index in [1.807, 2.05) is 6.07 Å². The maximum Gasteiger partial charge on any atom is 0.346 e. The molecule has 0 bridgehead atoms. The summed E-state index contributed by atoms with van der Waals surface area (Å²) in [5.41, 5.74) is 0.980. The molecule has 2 rings (SSSR count). The van der Waals surface area contributed by atoms with Crippen molar-refractivity contribution in [3.05, 3.63) is 50.7 Å². The maximum absolute atomic E-state index is 10.9. The average molecular weight is 294 g/mol. The van der Waals surface area contributed by atoms with Gasteiger partial charge in [0.05, 0.1) is 10.6 Å². The predicted octanol–water partition coefficient (Wildman–Crippen LogP) is 3.55. The van der Waals surface area contributed by atoms with Crippen LogP contribution in [0.1, 0.15) is 20.8 Å². The minimum Gasteiger partial charge on any atom is -0.489 e. The highest BCUT2D eigenvalue weighted by molar-refractivity contribution is 7.12. The molecule has 0 spiro atoms. The Kier molecular flexibility index (Phi) is 4.05. The summed E-state index contributed by atoms with van der Waals surface area (Å²) in [5.74, 6) is -0.474. The zero-order valence-corrected chi connectivity index (χ0v) is 11.2. The Bertz CT molecular complexity index is 660. The number of nitrogens with zero attached hydrogens (tertiary/aromatic N) is 1. The van der Waals surface area contributed by atoms with Gasteiger partial charge in [-0.25, -0.2) is 4.79 Å². The Morgan fingerprint density at radius 3 is 2.89 bits per heavy atom. The molecule has 0 fully saturated rings. The molecule has 0 atom stereocenters. The summed E-state index contributed by atoms with van der Waals surface area (Å²) < 4.78 is 5.47. The number of nitriles is 1. The molecule has 0 aliphatic carbocycles. The van der Waals surface area contributed by atoms with E-state index in [0.29, 0.717) is 21.9 Å². The minimum absolute atomic E-state index is 0.146. The fourth-order valence-corrected chi connectivity index (χ4v) is 2.43. The van der Waals surface area contributed by atoms with Gasteiger partial charge in [0.1, 0.15) is 23.3 Å². The third-order valence-electron chi connectivity index (χ3n) is 2.40. The van der Waals surface area contributed by atoms with Gasteiger partial charge in [-0.3, -0.25) is 0 Å². The molecule has 1 heterocycles. The zero-order valence-electron chi connectivity index (χ0n) is 9.59. The first-order valence-corrected chi connectivity index (χ1v) is 6.49. The van der Waals surface area contributed by atoms with E-state index < -0.39 is 5.97 Å². The molecule has 0 saturated heterocycles. The van der Waals surface area contributed by atoms with Gasteiger partial charge in [-0.2, -0.15) is 5.26 Å². The highest BCUT2D eigenvalue weighted by atomic mass is 35.5. The second-order valence-electron chi connectivity index (χ2n) is 3.62. The van der Waals surface area contributed by atoms with Crippen LogP contribution in [0.5, 0.6) is 5.75 Å². The zero-order chi connectivity index (χ0) is 13.8. The van der Waals surface area contributed by atoms with Gasteiger partial charge in [0.15, 0.2) is 0 Å². The van der Waals surface area contributed by atoms with E-state index in [-0.39, 0.29) is 11.5 Å². The number of hydrogen-bond acceptors (Lipinski definition) is 4. The molecule has 2 aromatic rings. The van der Waals surface area contributed by atoms with Crippen molar-refractivity contribution in [2.75, 3.05) is 0 Å². The highest BCUT2D eigenvalue weighted by Crippen LogP contribution is 2.24. The molecular weight excluding hydrogens is 286 g/mol. The summed E-state index contributed by atoms with van der Waals surface area (Å²) in [5, 5.41) is 19.7. The Hall–Kier alpha value is -2.03. The maximum atomic E-state index is 10.9. The lowest BCUT2D eigenvalue weighted by Gasteiger charge is -2.06. The van der Waals surface area contributed by atoms with Crippen molar-refractivity contribution < 1.29 is 14.6 Å². The van der Waals surface area contributed by atoms with Crippen LogP contribution >= 0.6 is 22.9 Å². The Labute approximate surface area is 118 Å². The monoisotopic (exact) mass is 293 g/mol. The second-order valence-corrected chi connectivity index (χ2v) is 4.95. The van der Waals surface area contributed by atoms with E-state index >= 15 is 0 Å². The van der Waals surface area contributed by atoms with Gasteiger partial charge in [0, 0.05) is 11.6 Å². The third-order valence-corrected chi connectivity index (χ3v) is 3.65. The fraction of sp³-hybridized carbons (Fsp3) is 0.0769. The number of thiophene rings is 1. The van der Waals surface area contributed by atoms with Gasteiger partial charge in [-0.1, -0.05) is 11.6 Å². The number of hydrogen-bond donors (Lipinski definition) is 1. The Morgan fingerprint density at radius 1 is 1.47 bits per heavy atom. The van der Waals surface area contributed by atoms with Crippen LogP contribution in [0.3, 0.4) is 0 Å². The SMILES string of the molecule is N#Cc1ccc(OCc2ccsc2C(=O)O)cc1Cl. The van der Waals surface area contributed by atoms with Crippen LogP contribution in [0.25, 0.3) is 0 Å². The lowest BCUT2D eigenvalue weighted by molar-refractivity contribution is 0.0699. The van der Waals surface area contributed by atoms with E-state index in [1.54, 1.807) is 23.6 Å². The van der Waals surface area contributed by atoms with E-state index in [1.165, 1.54) is 6.07 Å². The molecule has 1 aromatic heterocycles. The number of rotatable bonds is 4. The summed E-state index contributed by atoms with van der Waals surface area (Å²) in [7, 11) is 0. The van der Waals surface area contributed by atoms with Crippen molar-refractivity contribution in [1.29, 1.82) is 5.26 Å².